The number of carbonyl (C=O) groups is 1. The second-order valence-electron chi connectivity index (χ2n) is 4.13. The van der Waals surface area contributed by atoms with E-state index in [9.17, 15) is 9.90 Å². The molecule has 0 spiro atoms. The Labute approximate surface area is 112 Å². The van der Waals surface area contributed by atoms with Crippen LogP contribution in [0.5, 0.6) is 5.75 Å². The van der Waals surface area contributed by atoms with Crippen LogP contribution >= 0.6 is 0 Å². The summed E-state index contributed by atoms with van der Waals surface area (Å²) in [4.78, 5) is 11.2. The standard InChI is InChI=1S/C16H16O3/c1-2-19-16(18)9-5-6-12-10-11-15(17)14-8-4-3-7-13(12)14/h3-8,10-11,17H,2,9H2,1H3. The van der Waals surface area contributed by atoms with Crippen molar-refractivity contribution in [3.05, 3.63) is 48.0 Å². The molecule has 0 saturated carbocycles. The van der Waals surface area contributed by atoms with Crippen LogP contribution < -0.4 is 0 Å². The summed E-state index contributed by atoms with van der Waals surface area (Å²) in [5, 5.41) is 11.5. The first kappa shape index (κ1) is 13.1. The second kappa shape index (κ2) is 6.05. The number of aromatic hydroxyl groups is 1. The maximum absolute atomic E-state index is 11.2. The van der Waals surface area contributed by atoms with Crippen LogP contribution in [-0.4, -0.2) is 17.7 Å². The van der Waals surface area contributed by atoms with Crippen LogP contribution in [-0.2, 0) is 9.53 Å². The van der Waals surface area contributed by atoms with Crippen molar-refractivity contribution in [2.45, 2.75) is 13.3 Å². The first-order valence-electron chi connectivity index (χ1n) is 6.25. The minimum absolute atomic E-state index is 0.234. The number of benzene rings is 2. The summed E-state index contributed by atoms with van der Waals surface area (Å²) in [7, 11) is 0. The van der Waals surface area contributed by atoms with E-state index in [4.69, 9.17) is 4.74 Å². The number of fused-ring (bicyclic) bond motifs is 1. The summed E-state index contributed by atoms with van der Waals surface area (Å²) in [5.41, 5.74) is 0.970. The highest BCUT2D eigenvalue weighted by molar-refractivity contribution is 5.94. The maximum Gasteiger partial charge on any atom is 0.309 e. The third kappa shape index (κ3) is 3.13. The van der Waals surface area contributed by atoms with Crippen molar-refractivity contribution in [3.8, 4) is 5.75 Å². The van der Waals surface area contributed by atoms with E-state index in [-0.39, 0.29) is 18.1 Å². The highest BCUT2D eigenvalue weighted by Gasteiger charge is 2.02. The Kier molecular flexibility index (Phi) is 4.18. The fourth-order valence-electron chi connectivity index (χ4n) is 1.95. The Morgan fingerprint density at radius 1 is 1.21 bits per heavy atom. The van der Waals surface area contributed by atoms with Gasteiger partial charge in [0, 0.05) is 5.39 Å². The van der Waals surface area contributed by atoms with Gasteiger partial charge in [-0.05, 0) is 23.9 Å². The number of phenolic OH excluding ortho intramolecular Hbond substituents is 1. The molecule has 0 bridgehead atoms. The van der Waals surface area contributed by atoms with E-state index in [0.29, 0.717) is 6.61 Å². The zero-order valence-electron chi connectivity index (χ0n) is 10.8. The van der Waals surface area contributed by atoms with E-state index in [2.05, 4.69) is 0 Å². The van der Waals surface area contributed by atoms with Crippen LogP contribution in [0.15, 0.2) is 42.5 Å². The number of rotatable bonds is 4. The maximum atomic E-state index is 11.2. The van der Waals surface area contributed by atoms with Gasteiger partial charge < -0.3 is 9.84 Å². The summed E-state index contributed by atoms with van der Waals surface area (Å²) in [5.74, 6) is 0.0278. The molecule has 0 fully saturated rings. The van der Waals surface area contributed by atoms with Crippen molar-refractivity contribution in [2.75, 3.05) is 6.61 Å². The fraction of sp³-hybridized carbons (Fsp3) is 0.188. The molecule has 19 heavy (non-hydrogen) atoms. The van der Waals surface area contributed by atoms with Gasteiger partial charge in [0.15, 0.2) is 0 Å². The zero-order valence-corrected chi connectivity index (χ0v) is 10.8. The molecular formula is C16H16O3. The number of carbonyl (C=O) groups excluding carboxylic acids is 1. The summed E-state index contributed by atoms with van der Waals surface area (Å²) < 4.78 is 4.86. The Balaban J connectivity index is 2.24. The molecular weight excluding hydrogens is 240 g/mol. The molecule has 0 atom stereocenters. The lowest BCUT2D eigenvalue weighted by Gasteiger charge is -2.04. The van der Waals surface area contributed by atoms with Gasteiger partial charge in [-0.1, -0.05) is 42.5 Å². The van der Waals surface area contributed by atoms with Crippen molar-refractivity contribution >= 4 is 22.8 Å². The van der Waals surface area contributed by atoms with Gasteiger partial charge in [0.1, 0.15) is 5.75 Å². The first-order chi connectivity index (χ1) is 9.22. The molecule has 2 aromatic rings. The summed E-state index contributed by atoms with van der Waals surface area (Å²) in [6, 6.07) is 11.1. The molecule has 0 aliphatic heterocycles. The molecule has 3 heteroatoms. The van der Waals surface area contributed by atoms with Gasteiger partial charge in [-0.25, -0.2) is 0 Å². The minimum Gasteiger partial charge on any atom is -0.507 e. The number of hydrogen-bond acceptors (Lipinski definition) is 3. The van der Waals surface area contributed by atoms with Gasteiger partial charge in [-0.2, -0.15) is 0 Å². The van der Waals surface area contributed by atoms with Gasteiger partial charge in [0.2, 0.25) is 0 Å². The monoisotopic (exact) mass is 256 g/mol. The van der Waals surface area contributed by atoms with E-state index in [1.54, 1.807) is 19.1 Å². The topological polar surface area (TPSA) is 46.5 Å². The van der Waals surface area contributed by atoms with Crippen molar-refractivity contribution in [3.63, 3.8) is 0 Å². The molecule has 0 radical (unpaired) electrons. The lowest BCUT2D eigenvalue weighted by atomic mass is 10.0. The van der Waals surface area contributed by atoms with Gasteiger partial charge in [-0.15, -0.1) is 0 Å². The molecule has 0 aliphatic rings. The zero-order chi connectivity index (χ0) is 13.7. The van der Waals surface area contributed by atoms with Crippen LogP contribution in [0.4, 0.5) is 0 Å². The van der Waals surface area contributed by atoms with E-state index in [1.165, 1.54) is 0 Å². The van der Waals surface area contributed by atoms with Gasteiger partial charge in [0.25, 0.3) is 0 Å². The van der Waals surface area contributed by atoms with Crippen LogP contribution in [0.3, 0.4) is 0 Å². The molecule has 0 amide bonds. The van der Waals surface area contributed by atoms with Crippen molar-refractivity contribution in [2.24, 2.45) is 0 Å². The Bertz CT molecular complexity index is 614. The molecule has 3 nitrogen and oxygen atoms in total. The summed E-state index contributed by atoms with van der Waals surface area (Å²) in [6.45, 7) is 2.18. The third-order valence-electron chi connectivity index (χ3n) is 2.82. The SMILES string of the molecule is CCOC(=O)CC=Cc1ccc(O)c2ccccc12. The first-order valence-corrected chi connectivity index (χ1v) is 6.25. The molecule has 1 N–H and O–H groups in total. The van der Waals surface area contributed by atoms with Crippen LogP contribution in [0.25, 0.3) is 16.8 Å². The van der Waals surface area contributed by atoms with E-state index < -0.39 is 0 Å². The van der Waals surface area contributed by atoms with Crippen LogP contribution in [0, 0.1) is 0 Å². The number of phenols is 1. The van der Waals surface area contributed by atoms with E-state index in [1.807, 2.05) is 36.4 Å². The molecule has 98 valence electrons. The Hall–Kier alpha value is -2.29. The number of esters is 1. The predicted molar refractivity (Wildman–Crippen MR) is 75.9 cm³/mol. The van der Waals surface area contributed by atoms with Crippen molar-refractivity contribution in [1.82, 2.24) is 0 Å². The molecule has 0 aliphatic carbocycles. The van der Waals surface area contributed by atoms with Gasteiger partial charge >= 0.3 is 5.97 Å². The average Bonchev–Trinajstić information content (AvgIpc) is 2.42. The molecule has 0 heterocycles. The lowest BCUT2D eigenvalue weighted by Crippen LogP contribution is -2.01. The molecule has 2 aromatic carbocycles. The highest BCUT2D eigenvalue weighted by atomic mass is 16.5. The number of hydrogen-bond donors (Lipinski definition) is 1. The molecule has 0 unspecified atom stereocenters. The second-order valence-corrected chi connectivity index (χ2v) is 4.13. The van der Waals surface area contributed by atoms with Crippen molar-refractivity contribution < 1.29 is 14.6 Å². The predicted octanol–water partition coefficient (Wildman–Crippen LogP) is 3.51. The fourth-order valence-corrected chi connectivity index (χ4v) is 1.95. The minimum atomic E-state index is -0.234. The quantitative estimate of drug-likeness (QED) is 0.851. The molecule has 0 saturated heterocycles. The highest BCUT2D eigenvalue weighted by Crippen LogP contribution is 2.28. The van der Waals surface area contributed by atoms with E-state index >= 15 is 0 Å². The van der Waals surface area contributed by atoms with Gasteiger partial charge in [0.05, 0.1) is 13.0 Å². The summed E-state index contributed by atoms with van der Waals surface area (Å²) >= 11 is 0. The largest absolute Gasteiger partial charge is 0.507 e. The van der Waals surface area contributed by atoms with E-state index in [0.717, 1.165) is 16.3 Å². The Morgan fingerprint density at radius 3 is 2.68 bits per heavy atom. The smallest absolute Gasteiger partial charge is 0.309 e. The summed E-state index contributed by atoms with van der Waals surface area (Å²) in [6.07, 6.45) is 3.90. The van der Waals surface area contributed by atoms with Crippen molar-refractivity contribution in [1.29, 1.82) is 0 Å². The van der Waals surface area contributed by atoms with Crippen LogP contribution in [0.2, 0.25) is 0 Å². The molecule has 0 aromatic heterocycles. The average molecular weight is 256 g/mol. The normalized spacial score (nSPS) is 11.0. The number of ether oxygens (including phenoxy) is 1. The third-order valence-corrected chi connectivity index (χ3v) is 2.82. The van der Waals surface area contributed by atoms with Gasteiger partial charge in [-0.3, -0.25) is 4.79 Å². The lowest BCUT2D eigenvalue weighted by molar-refractivity contribution is -0.142. The van der Waals surface area contributed by atoms with Crippen LogP contribution in [0.1, 0.15) is 18.9 Å². The Morgan fingerprint density at radius 2 is 1.95 bits per heavy atom. The molecule has 2 rings (SSSR count).